The normalized spacial score (nSPS) is 21.2. The van der Waals surface area contributed by atoms with Crippen LogP contribution in [0.15, 0.2) is 72.7 Å². The molecule has 1 saturated heterocycles. The molecule has 0 radical (unpaired) electrons. The zero-order valence-corrected chi connectivity index (χ0v) is 16.3. The maximum atomic E-state index is 8.60. The molecule has 1 aliphatic rings. The third-order valence-corrected chi connectivity index (χ3v) is 5.78. The Balaban J connectivity index is 1.83. The van der Waals surface area contributed by atoms with Crippen LogP contribution in [0.2, 0.25) is 0 Å². The summed E-state index contributed by atoms with van der Waals surface area (Å²) in [7, 11) is -0.609. The van der Waals surface area contributed by atoms with Gasteiger partial charge in [-0.05, 0) is 57.4 Å². The minimum Gasteiger partial charge on any atom is -0.399 e. The summed E-state index contributed by atoms with van der Waals surface area (Å²) in [6.07, 6.45) is 0. The van der Waals surface area contributed by atoms with E-state index in [-0.39, 0.29) is 47.0 Å². The average molecular weight is 375 g/mol. The van der Waals surface area contributed by atoms with Crippen LogP contribution >= 0.6 is 0 Å². The van der Waals surface area contributed by atoms with Crippen LogP contribution in [0, 0.1) is 0 Å². The van der Waals surface area contributed by atoms with Crippen LogP contribution in [0.4, 0.5) is 0 Å². The SMILES string of the molecule is [2H]c1cc([2H])c2c(c1[2H])c1c([2H])c([2H])cc([2H])c1n2-c1cccc(B2OC(C)(C)C(C)(C)O2)c1. The van der Waals surface area contributed by atoms with Crippen molar-refractivity contribution in [3.63, 3.8) is 0 Å². The zero-order chi connectivity index (χ0) is 24.7. The van der Waals surface area contributed by atoms with E-state index in [1.807, 2.05) is 52.0 Å². The van der Waals surface area contributed by atoms with Gasteiger partial charge in [-0.15, -0.1) is 0 Å². The number of benzene rings is 3. The Morgan fingerprint density at radius 2 is 1.39 bits per heavy atom. The summed E-state index contributed by atoms with van der Waals surface area (Å²) in [5, 5.41) is 0.474. The lowest BCUT2D eigenvalue weighted by molar-refractivity contribution is 0.00578. The summed E-state index contributed by atoms with van der Waals surface area (Å²) in [5.74, 6) is 0. The van der Waals surface area contributed by atoms with Crippen LogP contribution in [-0.4, -0.2) is 22.9 Å². The highest BCUT2D eigenvalue weighted by atomic mass is 16.7. The fourth-order valence-corrected chi connectivity index (χ4v) is 3.56. The Hall–Kier alpha value is -2.56. The molecule has 0 atom stereocenters. The molecule has 4 heteroatoms. The average Bonchev–Trinajstić information content (AvgIpc) is 3.23. The second kappa shape index (κ2) is 5.97. The molecule has 1 aliphatic heterocycles. The van der Waals surface area contributed by atoms with Gasteiger partial charge in [0.05, 0.1) is 30.5 Å². The van der Waals surface area contributed by atoms with Gasteiger partial charge in [-0.2, -0.15) is 0 Å². The number of hydrogen-bond acceptors (Lipinski definition) is 2. The Bertz CT molecular complexity index is 1410. The van der Waals surface area contributed by atoms with Gasteiger partial charge in [0.25, 0.3) is 0 Å². The Morgan fingerprint density at radius 3 is 1.96 bits per heavy atom. The summed E-state index contributed by atoms with van der Waals surface area (Å²) in [6.45, 7) is 7.91. The molecule has 0 saturated carbocycles. The van der Waals surface area contributed by atoms with Gasteiger partial charge in [-0.1, -0.05) is 48.4 Å². The van der Waals surface area contributed by atoms with E-state index in [1.54, 1.807) is 4.57 Å². The molecule has 3 aromatic carbocycles. The Morgan fingerprint density at radius 1 is 0.821 bits per heavy atom. The first-order valence-corrected chi connectivity index (χ1v) is 9.32. The molecule has 1 aromatic heterocycles. The first-order valence-electron chi connectivity index (χ1n) is 12.3. The van der Waals surface area contributed by atoms with Gasteiger partial charge in [0.2, 0.25) is 0 Å². The monoisotopic (exact) mass is 375 g/mol. The molecule has 0 aliphatic carbocycles. The predicted molar refractivity (Wildman–Crippen MR) is 116 cm³/mol. The molecule has 3 nitrogen and oxygen atoms in total. The van der Waals surface area contributed by atoms with Crippen molar-refractivity contribution in [3.05, 3.63) is 72.7 Å². The van der Waals surface area contributed by atoms with E-state index in [9.17, 15) is 0 Å². The van der Waals surface area contributed by atoms with Crippen molar-refractivity contribution in [1.29, 1.82) is 0 Å². The molecule has 0 amide bonds. The molecule has 2 heterocycles. The third kappa shape index (κ3) is 2.52. The smallest absolute Gasteiger partial charge is 0.399 e. The minimum absolute atomic E-state index is 0.0126. The number of rotatable bonds is 2. The molecule has 1 fully saturated rings. The summed E-state index contributed by atoms with van der Waals surface area (Å²) in [4.78, 5) is 0. The van der Waals surface area contributed by atoms with E-state index < -0.39 is 18.3 Å². The van der Waals surface area contributed by atoms with Gasteiger partial charge in [0.15, 0.2) is 0 Å². The lowest BCUT2D eigenvalue weighted by Crippen LogP contribution is -2.41. The van der Waals surface area contributed by atoms with Gasteiger partial charge >= 0.3 is 7.12 Å². The summed E-state index contributed by atoms with van der Waals surface area (Å²) in [5.41, 5.74) is 1.00. The summed E-state index contributed by atoms with van der Waals surface area (Å²) >= 11 is 0. The van der Waals surface area contributed by atoms with Crippen LogP contribution in [0.25, 0.3) is 27.5 Å². The van der Waals surface area contributed by atoms with Crippen molar-refractivity contribution < 1.29 is 17.5 Å². The number of nitrogens with zero attached hydrogens (tertiary/aromatic N) is 1. The van der Waals surface area contributed by atoms with Crippen molar-refractivity contribution in [2.24, 2.45) is 0 Å². The molecule has 0 bridgehead atoms. The molecule has 5 rings (SSSR count). The number of aromatic nitrogens is 1. The highest BCUT2D eigenvalue weighted by molar-refractivity contribution is 6.62. The van der Waals surface area contributed by atoms with E-state index in [0.717, 1.165) is 5.46 Å². The Labute approximate surface area is 174 Å². The van der Waals surface area contributed by atoms with Gasteiger partial charge in [0.1, 0.15) is 0 Å². The lowest BCUT2D eigenvalue weighted by Gasteiger charge is -2.32. The number of para-hydroxylation sites is 2. The van der Waals surface area contributed by atoms with Crippen molar-refractivity contribution in [2.75, 3.05) is 0 Å². The summed E-state index contributed by atoms with van der Waals surface area (Å²) in [6, 6.07) is 9.50. The van der Waals surface area contributed by atoms with Crippen LogP contribution < -0.4 is 5.46 Å². The molecule has 4 aromatic rings. The zero-order valence-electron chi connectivity index (χ0n) is 22.3. The van der Waals surface area contributed by atoms with Crippen LogP contribution in [0.3, 0.4) is 0 Å². The number of hydrogen-bond donors (Lipinski definition) is 0. The van der Waals surface area contributed by atoms with Crippen molar-refractivity contribution in [2.45, 2.75) is 38.9 Å². The summed E-state index contributed by atoms with van der Waals surface area (Å²) < 4.78 is 64.6. The molecule has 140 valence electrons. The second-order valence-electron chi connectivity index (χ2n) is 8.08. The first kappa shape index (κ1) is 12.1. The van der Waals surface area contributed by atoms with Crippen LogP contribution in [0.5, 0.6) is 0 Å². The lowest BCUT2D eigenvalue weighted by atomic mass is 9.79. The molecule has 0 spiro atoms. The van der Waals surface area contributed by atoms with Crippen molar-refractivity contribution >= 4 is 34.4 Å². The molecule has 28 heavy (non-hydrogen) atoms. The van der Waals surface area contributed by atoms with E-state index in [4.69, 9.17) is 17.5 Å². The largest absolute Gasteiger partial charge is 0.494 e. The van der Waals surface area contributed by atoms with Gasteiger partial charge < -0.3 is 13.9 Å². The quantitative estimate of drug-likeness (QED) is 0.456. The molecular formula is C24H24BNO2. The second-order valence-corrected chi connectivity index (χ2v) is 8.08. The maximum Gasteiger partial charge on any atom is 0.494 e. The highest BCUT2D eigenvalue weighted by Crippen LogP contribution is 2.37. The van der Waals surface area contributed by atoms with Crippen molar-refractivity contribution in [3.8, 4) is 5.69 Å². The van der Waals surface area contributed by atoms with Crippen LogP contribution in [0.1, 0.15) is 35.9 Å². The van der Waals surface area contributed by atoms with E-state index in [0.29, 0.717) is 16.7 Å². The van der Waals surface area contributed by atoms with Crippen LogP contribution in [-0.2, 0) is 9.31 Å². The minimum atomic E-state index is -0.609. The fourth-order valence-electron chi connectivity index (χ4n) is 3.56. The Kier molecular flexibility index (Phi) is 2.58. The highest BCUT2D eigenvalue weighted by Gasteiger charge is 2.51. The van der Waals surface area contributed by atoms with Gasteiger partial charge in [-0.25, -0.2) is 0 Å². The maximum absolute atomic E-state index is 8.60. The fraction of sp³-hybridized carbons (Fsp3) is 0.250. The number of fused-ring (bicyclic) bond motifs is 3. The standard InChI is InChI=1S/C24H24BNO2/c1-23(2)24(3,4)28-25(27-23)17-10-9-11-18(16-17)26-21-14-7-5-12-19(21)20-13-6-8-15-22(20)26/h5-16H,1-4H3/i5D,6D,12D,13D,14D,15D. The topological polar surface area (TPSA) is 23.4 Å². The van der Waals surface area contributed by atoms with Gasteiger partial charge in [-0.3, -0.25) is 0 Å². The predicted octanol–water partition coefficient (Wildman–Crippen LogP) is 5.08. The molecule has 0 N–H and O–H groups in total. The van der Waals surface area contributed by atoms with E-state index in [1.165, 1.54) is 12.1 Å². The van der Waals surface area contributed by atoms with Crippen molar-refractivity contribution in [1.82, 2.24) is 4.57 Å². The van der Waals surface area contributed by atoms with E-state index in [2.05, 4.69) is 0 Å². The molecular weight excluding hydrogens is 345 g/mol. The first-order chi connectivity index (χ1) is 15.8. The molecule has 0 unspecified atom stereocenters. The third-order valence-electron chi connectivity index (χ3n) is 5.78. The van der Waals surface area contributed by atoms with Gasteiger partial charge in [0, 0.05) is 16.5 Å². The van der Waals surface area contributed by atoms with E-state index >= 15 is 0 Å².